The summed E-state index contributed by atoms with van der Waals surface area (Å²) in [6.45, 7) is 2.50. The number of carboxylic acids is 1. The number of benzene rings is 1. The molecule has 1 amide bonds. The third-order valence-electron chi connectivity index (χ3n) is 4.13. The number of carbonyl (C=O) groups is 2. The van der Waals surface area contributed by atoms with Crippen molar-refractivity contribution in [1.29, 1.82) is 5.41 Å². The van der Waals surface area contributed by atoms with Crippen LogP contribution < -0.4 is 21.7 Å². The topological polar surface area (TPSA) is 170 Å². The van der Waals surface area contributed by atoms with Crippen molar-refractivity contribution in [3.05, 3.63) is 29.8 Å². The van der Waals surface area contributed by atoms with Crippen molar-refractivity contribution in [2.75, 3.05) is 11.4 Å². The summed E-state index contributed by atoms with van der Waals surface area (Å²) >= 11 is 6.13. The molecule has 11 heteroatoms. The average molecular weight is 422 g/mol. The summed E-state index contributed by atoms with van der Waals surface area (Å²) in [5.41, 5.74) is 11.8. The number of amides is 1. The van der Waals surface area contributed by atoms with Crippen LogP contribution in [0.25, 0.3) is 0 Å². The molecule has 0 saturated heterocycles. The molecule has 1 aromatic rings. The first-order valence-electron chi connectivity index (χ1n) is 9.01. The number of nitrogens with two attached hydrogens (primary N) is 2. The Morgan fingerprint density at radius 3 is 2.62 bits per heavy atom. The molecule has 0 aromatic heterocycles. The van der Waals surface area contributed by atoms with Crippen molar-refractivity contribution in [1.82, 2.24) is 5.32 Å². The maximum Gasteiger partial charge on any atom is 0.307 e. The number of unbranched alkanes of at least 4 members (excludes halogenated alkanes) is 1. The van der Waals surface area contributed by atoms with Gasteiger partial charge in [0.15, 0.2) is 11.5 Å². The van der Waals surface area contributed by atoms with Crippen LogP contribution in [0.3, 0.4) is 0 Å². The Kier molecular flexibility index (Phi) is 7.68. The zero-order chi connectivity index (χ0) is 21.6. The number of aliphatic carboxylic acids is 1. The first kappa shape index (κ1) is 22.3. The van der Waals surface area contributed by atoms with Gasteiger partial charge in [0.25, 0.3) is 5.91 Å². The third-order valence-corrected chi connectivity index (χ3v) is 4.44. The molecule has 0 saturated carbocycles. The minimum Gasteiger partial charge on any atom is -0.481 e. The highest BCUT2D eigenvalue weighted by molar-refractivity contribution is 6.47. The van der Waals surface area contributed by atoms with Crippen molar-refractivity contribution in [3.63, 3.8) is 0 Å². The summed E-state index contributed by atoms with van der Waals surface area (Å²) in [5, 5.41) is 19.5. The molecule has 156 valence electrons. The Hall–Kier alpha value is -2.98. The van der Waals surface area contributed by atoms with Crippen LogP contribution >= 0.6 is 11.6 Å². The maximum atomic E-state index is 12.6. The Morgan fingerprint density at radius 1 is 1.38 bits per heavy atom. The van der Waals surface area contributed by atoms with Crippen molar-refractivity contribution < 1.29 is 14.7 Å². The fourth-order valence-corrected chi connectivity index (χ4v) is 2.88. The largest absolute Gasteiger partial charge is 0.481 e. The van der Waals surface area contributed by atoms with Crippen LogP contribution in [0.4, 0.5) is 5.69 Å². The molecule has 0 spiro atoms. The number of amidine groups is 1. The van der Waals surface area contributed by atoms with Gasteiger partial charge in [0.2, 0.25) is 0 Å². The number of halogens is 1. The third kappa shape index (κ3) is 5.75. The molecule has 10 nitrogen and oxygen atoms in total. The number of nitrogens with one attached hydrogen (secondary N) is 2. The first-order valence-corrected chi connectivity index (χ1v) is 9.45. The van der Waals surface area contributed by atoms with Gasteiger partial charge in [-0.2, -0.15) is 0 Å². The van der Waals surface area contributed by atoms with E-state index >= 15 is 0 Å². The van der Waals surface area contributed by atoms with Gasteiger partial charge in [0.1, 0.15) is 17.7 Å². The monoisotopic (exact) mass is 421 g/mol. The van der Waals surface area contributed by atoms with Gasteiger partial charge < -0.3 is 21.5 Å². The number of anilines is 1. The molecule has 0 aliphatic carbocycles. The molecule has 1 aliphatic rings. The lowest BCUT2D eigenvalue weighted by Gasteiger charge is -2.36. The van der Waals surface area contributed by atoms with Crippen molar-refractivity contribution in [2.45, 2.75) is 37.9 Å². The maximum absolute atomic E-state index is 12.6. The molecule has 2 atom stereocenters. The van der Waals surface area contributed by atoms with E-state index in [-0.39, 0.29) is 23.9 Å². The molecule has 2 rings (SSSR count). The Balaban J connectivity index is 2.21. The standard InChI is InChI=1S/C18H24ClN7O3/c1-2-3-8-23-18(22)25-17(29)13-15(20)26(16(21)14(19)24-13)11-6-4-10(5-7-11)9-12(27)28/h4-7,14-15,21H,2-3,8-9,20H2,1H3,(H,27,28)(H3,22,23,25,29). The second-order valence-electron chi connectivity index (χ2n) is 6.36. The Bertz CT molecular complexity index is 838. The number of guanidine groups is 1. The lowest BCUT2D eigenvalue weighted by molar-refractivity contribution is -0.136. The number of alkyl halides is 1. The summed E-state index contributed by atoms with van der Waals surface area (Å²) in [6.07, 6.45) is 0.571. The van der Waals surface area contributed by atoms with Crippen LogP contribution in [0, 0.1) is 5.41 Å². The summed E-state index contributed by atoms with van der Waals surface area (Å²) in [7, 11) is 0. The fraction of sp³-hybridized carbons (Fsp3) is 0.389. The quantitative estimate of drug-likeness (QED) is 0.142. The second kappa shape index (κ2) is 9.99. The molecule has 0 fully saturated rings. The van der Waals surface area contributed by atoms with Gasteiger partial charge in [0.05, 0.1) is 6.42 Å². The molecule has 1 aromatic carbocycles. The van der Waals surface area contributed by atoms with Gasteiger partial charge in [-0.15, -0.1) is 0 Å². The summed E-state index contributed by atoms with van der Waals surface area (Å²) in [6, 6.07) is 6.43. The Morgan fingerprint density at radius 2 is 2.03 bits per heavy atom. The van der Waals surface area contributed by atoms with Gasteiger partial charge in [-0.1, -0.05) is 37.1 Å². The van der Waals surface area contributed by atoms with E-state index in [2.05, 4.69) is 15.3 Å². The highest BCUT2D eigenvalue weighted by atomic mass is 35.5. The smallest absolute Gasteiger partial charge is 0.307 e. The van der Waals surface area contributed by atoms with Crippen LogP contribution in [-0.2, 0) is 16.0 Å². The molecule has 7 N–H and O–H groups in total. The number of hydrogen-bond acceptors (Lipinski definition) is 6. The number of carboxylic acid groups (broad SMARTS) is 1. The molecule has 0 bridgehead atoms. The van der Waals surface area contributed by atoms with Crippen molar-refractivity contribution in [2.24, 2.45) is 21.5 Å². The van der Waals surface area contributed by atoms with Gasteiger partial charge >= 0.3 is 5.97 Å². The lowest BCUT2D eigenvalue weighted by atomic mass is 10.1. The lowest BCUT2D eigenvalue weighted by Crippen LogP contribution is -2.61. The highest BCUT2D eigenvalue weighted by Crippen LogP contribution is 2.24. The number of hydrogen-bond donors (Lipinski definition) is 5. The van der Waals surface area contributed by atoms with Crippen LogP contribution in [0.2, 0.25) is 0 Å². The number of rotatable bonds is 7. The van der Waals surface area contributed by atoms with Crippen molar-refractivity contribution >= 4 is 46.7 Å². The van der Waals surface area contributed by atoms with Gasteiger partial charge in [0, 0.05) is 12.2 Å². The summed E-state index contributed by atoms with van der Waals surface area (Å²) in [5.74, 6) is -1.76. The summed E-state index contributed by atoms with van der Waals surface area (Å²) in [4.78, 5) is 32.8. The van der Waals surface area contributed by atoms with E-state index in [1.165, 1.54) is 4.90 Å². The summed E-state index contributed by atoms with van der Waals surface area (Å²) < 4.78 is 0. The zero-order valence-electron chi connectivity index (χ0n) is 15.9. The molecular formula is C18H24ClN7O3. The number of aliphatic imine (C=N–C) groups is 2. The van der Waals surface area contributed by atoms with Crippen LogP contribution in [0.5, 0.6) is 0 Å². The SMILES string of the molecule is CCCCN=C(N)NC(=O)C1=NC(Cl)C(=N)N(c2ccc(CC(=O)O)cc2)C1N. The van der Waals surface area contributed by atoms with Gasteiger partial charge in [-0.05, 0) is 24.1 Å². The fourth-order valence-electron chi connectivity index (χ4n) is 2.67. The van der Waals surface area contributed by atoms with E-state index < -0.39 is 23.5 Å². The van der Waals surface area contributed by atoms with E-state index in [4.69, 9.17) is 33.6 Å². The van der Waals surface area contributed by atoms with Crippen molar-refractivity contribution in [3.8, 4) is 0 Å². The first-order chi connectivity index (χ1) is 13.7. The predicted octanol–water partition coefficient (Wildman–Crippen LogP) is 0.633. The molecule has 0 radical (unpaired) electrons. The van der Waals surface area contributed by atoms with Gasteiger partial charge in [-0.3, -0.25) is 30.3 Å². The zero-order valence-corrected chi connectivity index (χ0v) is 16.7. The second-order valence-corrected chi connectivity index (χ2v) is 6.78. The molecule has 1 aliphatic heterocycles. The van der Waals surface area contributed by atoms with E-state index in [0.29, 0.717) is 17.8 Å². The van der Waals surface area contributed by atoms with Crippen LogP contribution in [0.1, 0.15) is 25.3 Å². The minimum absolute atomic E-state index is 0.0466. The molecule has 2 unspecified atom stereocenters. The van der Waals surface area contributed by atoms with E-state index in [0.717, 1.165) is 12.8 Å². The molecule has 1 heterocycles. The van der Waals surface area contributed by atoms with Crippen LogP contribution in [-0.4, -0.2) is 52.7 Å². The average Bonchev–Trinajstić information content (AvgIpc) is 2.66. The Labute approximate surface area is 173 Å². The number of nitrogens with zero attached hydrogens (tertiary/aromatic N) is 3. The van der Waals surface area contributed by atoms with Crippen LogP contribution in [0.15, 0.2) is 34.3 Å². The normalized spacial score (nSPS) is 19.7. The van der Waals surface area contributed by atoms with E-state index in [1.807, 2.05) is 6.92 Å². The number of carbonyl (C=O) groups excluding carboxylic acids is 1. The highest BCUT2D eigenvalue weighted by Gasteiger charge is 2.36. The van der Waals surface area contributed by atoms with Gasteiger partial charge in [-0.25, -0.2) is 0 Å². The predicted molar refractivity (Wildman–Crippen MR) is 113 cm³/mol. The van der Waals surface area contributed by atoms with E-state index in [9.17, 15) is 9.59 Å². The van der Waals surface area contributed by atoms with E-state index in [1.54, 1.807) is 24.3 Å². The molecular weight excluding hydrogens is 398 g/mol. The molecule has 29 heavy (non-hydrogen) atoms. The minimum atomic E-state index is -1.12.